The first kappa shape index (κ1) is 32.9. The Hall–Kier alpha value is -7.14. The van der Waals surface area contributed by atoms with Crippen LogP contribution in [0.5, 0.6) is 0 Å². The van der Waals surface area contributed by atoms with E-state index in [1.54, 1.807) is 0 Å². The summed E-state index contributed by atoms with van der Waals surface area (Å²) in [6, 6.07) is 62.0. The van der Waals surface area contributed by atoms with Crippen LogP contribution in [-0.2, 0) is 0 Å². The van der Waals surface area contributed by atoms with Crippen LogP contribution >= 0.6 is 11.3 Å². The summed E-state index contributed by atoms with van der Waals surface area (Å²) in [5, 5.41) is 10.1. The predicted octanol–water partition coefficient (Wildman–Crippen LogP) is 15.8. The summed E-state index contributed by atoms with van der Waals surface area (Å²) in [4.78, 5) is 0. The lowest BCUT2D eigenvalue weighted by atomic mass is 9.86. The number of thiophene rings is 1. The standard InChI is InChI=1S/C55H36N2OS/c1-33-31-37(57-49-18-7-2-11-40(49)44-28-29-46-43-14-5-9-20-52(43)59-55(46)53(44)57)26-27-38(33)34-21-24-36(25-22-34)56-48-17-6-3-12-41(48)47-32-35(23-30-50(47)56)39-15-10-16-45-42-13-4-8-19-51(42)58-54(39)45/h2-30,32-33H,31H2,1H3. The summed E-state index contributed by atoms with van der Waals surface area (Å²) in [5.41, 5.74) is 14.3. The number of fused-ring (bicyclic) bond motifs is 13. The van der Waals surface area contributed by atoms with Gasteiger partial charge in [0.15, 0.2) is 0 Å². The SMILES string of the molecule is CC1CC(n2c3ccccc3c3ccc4c5ccccc5sc4c32)=CC=C1c1ccc(-n2c3ccccc3c3cc(-c4cccc5c4oc4ccccc45)ccc32)cc1. The van der Waals surface area contributed by atoms with Crippen LogP contribution in [0.25, 0.3) is 114 Å². The molecule has 0 radical (unpaired) electrons. The molecule has 8 aromatic carbocycles. The van der Waals surface area contributed by atoms with E-state index in [1.807, 2.05) is 17.4 Å². The van der Waals surface area contributed by atoms with Gasteiger partial charge in [-0.2, -0.15) is 0 Å². The Balaban J connectivity index is 0.900. The molecule has 0 saturated carbocycles. The molecule has 4 heterocycles. The van der Waals surface area contributed by atoms with Gasteiger partial charge in [0, 0.05) is 64.7 Å². The Bertz CT molecular complexity index is 3770. The third-order valence-corrected chi connectivity index (χ3v) is 14.0. The second kappa shape index (κ2) is 12.4. The zero-order chi connectivity index (χ0) is 38.8. The summed E-state index contributed by atoms with van der Waals surface area (Å²) in [6.07, 6.45) is 5.70. The minimum Gasteiger partial charge on any atom is -0.455 e. The van der Waals surface area contributed by atoms with Crippen LogP contribution in [0.4, 0.5) is 0 Å². The average molecular weight is 773 g/mol. The van der Waals surface area contributed by atoms with Crippen molar-refractivity contribution in [3.63, 3.8) is 0 Å². The summed E-state index contributed by atoms with van der Waals surface area (Å²) < 4.78 is 14.1. The van der Waals surface area contributed by atoms with Gasteiger partial charge in [0.2, 0.25) is 0 Å². The molecule has 0 bridgehead atoms. The smallest absolute Gasteiger partial charge is 0.143 e. The zero-order valence-corrected chi connectivity index (χ0v) is 33.1. The van der Waals surface area contributed by atoms with Crippen molar-refractivity contribution < 1.29 is 4.42 Å². The lowest BCUT2D eigenvalue weighted by Gasteiger charge is -2.24. The van der Waals surface area contributed by atoms with Crippen molar-refractivity contribution in [2.45, 2.75) is 13.3 Å². The normalized spacial score (nSPS) is 14.8. The Morgan fingerprint density at radius 2 is 1.17 bits per heavy atom. The van der Waals surface area contributed by atoms with E-state index in [0.717, 1.165) is 45.2 Å². The first-order valence-electron chi connectivity index (χ1n) is 20.5. The van der Waals surface area contributed by atoms with E-state index >= 15 is 0 Å². The van der Waals surface area contributed by atoms with Gasteiger partial charge in [-0.15, -0.1) is 11.3 Å². The second-order valence-corrected chi connectivity index (χ2v) is 17.1. The summed E-state index contributed by atoms with van der Waals surface area (Å²) in [5.74, 6) is 0.349. The molecule has 0 spiro atoms. The fourth-order valence-corrected chi connectivity index (χ4v) is 11.4. The molecule has 1 atom stereocenters. The fourth-order valence-electron chi connectivity index (χ4n) is 10.1. The molecule has 0 N–H and O–H groups in total. The minimum absolute atomic E-state index is 0.349. The van der Waals surface area contributed by atoms with E-state index in [4.69, 9.17) is 4.42 Å². The molecule has 1 aliphatic carbocycles. The molecule has 12 aromatic rings. The van der Waals surface area contributed by atoms with Crippen molar-refractivity contribution in [2.24, 2.45) is 5.92 Å². The van der Waals surface area contributed by atoms with Gasteiger partial charge < -0.3 is 13.6 Å². The summed E-state index contributed by atoms with van der Waals surface area (Å²) in [6.45, 7) is 2.38. The van der Waals surface area contributed by atoms with Crippen LogP contribution in [0.2, 0.25) is 0 Å². The lowest BCUT2D eigenvalue weighted by Crippen LogP contribution is -2.09. The van der Waals surface area contributed by atoms with E-state index < -0.39 is 0 Å². The Labute approximate surface area is 343 Å². The van der Waals surface area contributed by atoms with Crippen molar-refractivity contribution in [3.8, 4) is 16.8 Å². The molecule has 59 heavy (non-hydrogen) atoms. The van der Waals surface area contributed by atoms with Gasteiger partial charge in [0.1, 0.15) is 11.2 Å². The van der Waals surface area contributed by atoms with Gasteiger partial charge in [-0.25, -0.2) is 0 Å². The molecule has 0 amide bonds. The predicted molar refractivity (Wildman–Crippen MR) is 252 cm³/mol. The number of aromatic nitrogens is 2. The highest BCUT2D eigenvalue weighted by molar-refractivity contribution is 7.26. The number of allylic oxidation sites excluding steroid dienone is 4. The van der Waals surface area contributed by atoms with Crippen molar-refractivity contribution >= 4 is 108 Å². The first-order valence-corrected chi connectivity index (χ1v) is 21.3. The van der Waals surface area contributed by atoms with Gasteiger partial charge >= 0.3 is 0 Å². The maximum absolute atomic E-state index is 6.45. The highest BCUT2D eigenvalue weighted by atomic mass is 32.1. The zero-order valence-electron chi connectivity index (χ0n) is 32.3. The molecule has 4 heteroatoms. The molecule has 3 nitrogen and oxygen atoms in total. The number of nitrogens with zero attached hydrogens (tertiary/aromatic N) is 2. The van der Waals surface area contributed by atoms with Gasteiger partial charge in [0.05, 0.1) is 26.8 Å². The van der Waals surface area contributed by atoms with E-state index in [9.17, 15) is 0 Å². The van der Waals surface area contributed by atoms with Gasteiger partial charge in [-0.1, -0.05) is 134 Å². The summed E-state index contributed by atoms with van der Waals surface area (Å²) in [7, 11) is 0. The number of hydrogen-bond donors (Lipinski definition) is 0. The van der Waals surface area contributed by atoms with Crippen LogP contribution < -0.4 is 0 Å². The number of hydrogen-bond acceptors (Lipinski definition) is 2. The molecule has 1 aliphatic rings. The number of benzene rings is 8. The average Bonchev–Trinajstić information content (AvgIpc) is 4.04. The fraction of sp³-hybridized carbons (Fsp3) is 0.0545. The van der Waals surface area contributed by atoms with Gasteiger partial charge in [-0.3, -0.25) is 0 Å². The third-order valence-electron chi connectivity index (χ3n) is 12.8. The molecule has 0 aliphatic heterocycles. The molecular formula is C55H36N2OS. The maximum Gasteiger partial charge on any atom is 0.143 e. The van der Waals surface area contributed by atoms with Gasteiger partial charge in [0.25, 0.3) is 0 Å². The largest absolute Gasteiger partial charge is 0.455 e. The molecule has 4 aromatic heterocycles. The topological polar surface area (TPSA) is 23.0 Å². The monoisotopic (exact) mass is 772 g/mol. The number of furan rings is 1. The Morgan fingerprint density at radius 1 is 0.508 bits per heavy atom. The van der Waals surface area contributed by atoms with E-state index in [1.165, 1.54) is 80.6 Å². The molecule has 278 valence electrons. The Morgan fingerprint density at radius 3 is 2.00 bits per heavy atom. The van der Waals surface area contributed by atoms with Crippen molar-refractivity contribution in [1.82, 2.24) is 9.13 Å². The second-order valence-electron chi connectivity index (χ2n) is 16.1. The number of rotatable bonds is 4. The molecule has 0 fully saturated rings. The van der Waals surface area contributed by atoms with Crippen molar-refractivity contribution in [3.05, 3.63) is 188 Å². The van der Waals surface area contributed by atoms with E-state index in [-0.39, 0.29) is 0 Å². The van der Waals surface area contributed by atoms with E-state index in [0.29, 0.717) is 5.92 Å². The molecule has 0 saturated heterocycles. The Kier molecular flexibility index (Phi) is 6.93. The van der Waals surface area contributed by atoms with Crippen LogP contribution in [0.3, 0.4) is 0 Å². The van der Waals surface area contributed by atoms with Gasteiger partial charge in [-0.05, 0) is 83.6 Å². The third kappa shape index (κ3) is 4.75. The molecule has 13 rings (SSSR count). The van der Waals surface area contributed by atoms with E-state index in [2.05, 4.69) is 192 Å². The molecule has 1 unspecified atom stereocenters. The van der Waals surface area contributed by atoms with Crippen LogP contribution in [0.15, 0.2) is 186 Å². The van der Waals surface area contributed by atoms with Crippen LogP contribution in [0, 0.1) is 5.92 Å². The highest BCUT2D eigenvalue weighted by Gasteiger charge is 2.24. The quantitative estimate of drug-likeness (QED) is 0.175. The highest BCUT2D eigenvalue weighted by Crippen LogP contribution is 2.45. The van der Waals surface area contributed by atoms with Crippen molar-refractivity contribution in [1.29, 1.82) is 0 Å². The van der Waals surface area contributed by atoms with Crippen LogP contribution in [0.1, 0.15) is 18.9 Å². The first-order chi connectivity index (χ1) is 29.2. The lowest BCUT2D eigenvalue weighted by molar-refractivity contribution is 0.670. The number of para-hydroxylation sites is 4. The minimum atomic E-state index is 0.349. The van der Waals surface area contributed by atoms with Crippen molar-refractivity contribution in [2.75, 3.05) is 0 Å². The van der Waals surface area contributed by atoms with Crippen LogP contribution in [-0.4, -0.2) is 9.13 Å². The molecular weight excluding hydrogens is 737 g/mol. The maximum atomic E-state index is 6.45. The summed E-state index contributed by atoms with van der Waals surface area (Å²) >= 11 is 1.92.